The molecule has 0 saturated carbocycles. The first-order valence-corrected chi connectivity index (χ1v) is 4.14. The Labute approximate surface area is 70.8 Å². The van der Waals surface area contributed by atoms with E-state index in [-0.39, 0.29) is 5.56 Å². The lowest BCUT2D eigenvalue weighted by Gasteiger charge is -2.06. The molecule has 2 rings (SSSR count). The largest absolute Gasteiger partial charge is 0.326 e. The zero-order chi connectivity index (χ0) is 8.72. The van der Waals surface area contributed by atoms with Crippen LogP contribution in [0.3, 0.4) is 0 Å². The molecule has 0 amide bonds. The molecule has 0 aliphatic carbocycles. The number of aromatic amines is 1. The Kier molecular flexibility index (Phi) is 1.54. The van der Waals surface area contributed by atoms with Crippen LogP contribution in [0.15, 0.2) is 10.9 Å². The molecule has 1 aromatic rings. The number of aryl methyl sites for hydroxylation is 1. The lowest BCUT2D eigenvalue weighted by molar-refractivity contribution is 0.630. The van der Waals surface area contributed by atoms with Crippen LogP contribution in [-0.4, -0.2) is 4.98 Å². The minimum atomic E-state index is 0.00199. The predicted molar refractivity (Wildman–Crippen MR) is 47.1 cm³/mol. The molecule has 1 aliphatic rings. The lowest BCUT2D eigenvalue weighted by Crippen LogP contribution is -2.10. The Balaban J connectivity index is 2.68. The smallest absolute Gasteiger partial charge is 0.248 e. The number of fused-ring (bicyclic) bond motifs is 1. The number of rotatable bonds is 0. The van der Waals surface area contributed by atoms with Crippen molar-refractivity contribution in [3.05, 3.63) is 33.2 Å². The SMILES string of the molecule is Cc1[nH]c(=O)cc2c1C(C)NC2. The third-order valence-corrected chi connectivity index (χ3v) is 2.40. The first-order chi connectivity index (χ1) is 5.68. The van der Waals surface area contributed by atoms with Crippen LogP contribution < -0.4 is 10.9 Å². The van der Waals surface area contributed by atoms with Crippen molar-refractivity contribution >= 4 is 0 Å². The number of pyridine rings is 1. The fraction of sp³-hybridized carbons (Fsp3) is 0.444. The number of hydrogen-bond donors (Lipinski definition) is 2. The van der Waals surface area contributed by atoms with Crippen LogP contribution in [0.2, 0.25) is 0 Å². The fourth-order valence-corrected chi connectivity index (χ4v) is 1.88. The molecule has 1 unspecified atom stereocenters. The van der Waals surface area contributed by atoms with Gasteiger partial charge in [-0.05, 0) is 25.0 Å². The van der Waals surface area contributed by atoms with Gasteiger partial charge in [-0.15, -0.1) is 0 Å². The predicted octanol–water partition coefficient (Wildman–Crippen LogP) is 0.848. The van der Waals surface area contributed by atoms with Gasteiger partial charge in [0.2, 0.25) is 5.56 Å². The van der Waals surface area contributed by atoms with Crippen molar-refractivity contribution in [3.8, 4) is 0 Å². The van der Waals surface area contributed by atoms with Gasteiger partial charge in [-0.3, -0.25) is 4.79 Å². The van der Waals surface area contributed by atoms with Gasteiger partial charge >= 0.3 is 0 Å². The maximum Gasteiger partial charge on any atom is 0.248 e. The topological polar surface area (TPSA) is 44.9 Å². The van der Waals surface area contributed by atoms with Crippen LogP contribution in [0.4, 0.5) is 0 Å². The van der Waals surface area contributed by atoms with E-state index >= 15 is 0 Å². The Morgan fingerprint density at radius 2 is 2.33 bits per heavy atom. The number of H-pyrrole nitrogens is 1. The van der Waals surface area contributed by atoms with Gasteiger partial charge in [-0.1, -0.05) is 0 Å². The van der Waals surface area contributed by atoms with Gasteiger partial charge in [-0.25, -0.2) is 0 Å². The molecule has 0 spiro atoms. The standard InChI is InChI=1S/C9H12N2O/c1-5-9-6(2)11-8(12)3-7(9)4-10-5/h3,5,10H,4H2,1-2H3,(H,11,12). The van der Waals surface area contributed by atoms with Gasteiger partial charge in [0.1, 0.15) is 0 Å². The highest BCUT2D eigenvalue weighted by Gasteiger charge is 2.20. The maximum absolute atomic E-state index is 11.1. The molecule has 2 heterocycles. The van der Waals surface area contributed by atoms with Crippen LogP contribution in [-0.2, 0) is 6.54 Å². The summed E-state index contributed by atoms with van der Waals surface area (Å²) in [7, 11) is 0. The van der Waals surface area contributed by atoms with Gasteiger partial charge in [-0.2, -0.15) is 0 Å². The second-order valence-electron chi connectivity index (χ2n) is 3.30. The monoisotopic (exact) mass is 164 g/mol. The van der Waals surface area contributed by atoms with E-state index in [4.69, 9.17) is 0 Å². The summed E-state index contributed by atoms with van der Waals surface area (Å²) >= 11 is 0. The highest BCUT2D eigenvalue weighted by atomic mass is 16.1. The summed E-state index contributed by atoms with van der Waals surface area (Å²) in [6.45, 7) is 4.88. The zero-order valence-corrected chi connectivity index (χ0v) is 7.27. The van der Waals surface area contributed by atoms with Gasteiger partial charge in [0.25, 0.3) is 0 Å². The highest BCUT2D eigenvalue weighted by molar-refractivity contribution is 5.35. The van der Waals surface area contributed by atoms with Crippen LogP contribution in [0, 0.1) is 6.92 Å². The van der Waals surface area contributed by atoms with Crippen molar-refractivity contribution < 1.29 is 0 Å². The van der Waals surface area contributed by atoms with Crippen LogP contribution in [0.5, 0.6) is 0 Å². The third-order valence-electron chi connectivity index (χ3n) is 2.40. The molecular weight excluding hydrogens is 152 g/mol. The highest BCUT2D eigenvalue weighted by Crippen LogP contribution is 2.24. The normalized spacial score (nSPS) is 21.0. The van der Waals surface area contributed by atoms with E-state index in [2.05, 4.69) is 17.2 Å². The molecule has 0 radical (unpaired) electrons. The first-order valence-electron chi connectivity index (χ1n) is 4.14. The molecule has 0 aromatic carbocycles. The van der Waals surface area contributed by atoms with Crippen molar-refractivity contribution in [1.29, 1.82) is 0 Å². The fourth-order valence-electron chi connectivity index (χ4n) is 1.88. The van der Waals surface area contributed by atoms with Crippen LogP contribution in [0.25, 0.3) is 0 Å². The van der Waals surface area contributed by atoms with E-state index in [0.717, 1.165) is 17.8 Å². The average Bonchev–Trinajstić information content (AvgIpc) is 2.31. The molecular formula is C9H12N2O. The van der Waals surface area contributed by atoms with Crippen molar-refractivity contribution in [2.24, 2.45) is 0 Å². The van der Waals surface area contributed by atoms with E-state index in [9.17, 15) is 4.79 Å². The summed E-state index contributed by atoms with van der Waals surface area (Å²) in [6.07, 6.45) is 0. The lowest BCUT2D eigenvalue weighted by atomic mass is 10.1. The molecule has 1 atom stereocenters. The van der Waals surface area contributed by atoms with E-state index in [0.29, 0.717) is 6.04 Å². The Bertz CT molecular complexity index is 367. The number of aromatic nitrogens is 1. The van der Waals surface area contributed by atoms with Gasteiger partial charge < -0.3 is 10.3 Å². The number of hydrogen-bond acceptors (Lipinski definition) is 2. The van der Waals surface area contributed by atoms with Crippen LogP contribution >= 0.6 is 0 Å². The van der Waals surface area contributed by atoms with E-state index in [1.54, 1.807) is 6.07 Å². The van der Waals surface area contributed by atoms with Crippen molar-refractivity contribution in [1.82, 2.24) is 10.3 Å². The average molecular weight is 164 g/mol. The molecule has 2 N–H and O–H groups in total. The molecule has 0 bridgehead atoms. The third kappa shape index (κ3) is 0.975. The second-order valence-corrected chi connectivity index (χ2v) is 3.30. The molecule has 64 valence electrons. The summed E-state index contributed by atoms with van der Waals surface area (Å²) in [5.41, 5.74) is 3.40. The molecule has 0 fully saturated rings. The van der Waals surface area contributed by atoms with Crippen molar-refractivity contribution in [2.75, 3.05) is 0 Å². The summed E-state index contributed by atoms with van der Waals surface area (Å²) < 4.78 is 0. The summed E-state index contributed by atoms with van der Waals surface area (Å²) in [4.78, 5) is 13.9. The minimum Gasteiger partial charge on any atom is -0.326 e. The summed E-state index contributed by atoms with van der Waals surface area (Å²) in [6, 6.07) is 2.05. The Morgan fingerprint density at radius 1 is 1.58 bits per heavy atom. The van der Waals surface area contributed by atoms with Crippen molar-refractivity contribution in [3.63, 3.8) is 0 Å². The molecule has 12 heavy (non-hydrogen) atoms. The Morgan fingerprint density at radius 3 is 3.08 bits per heavy atom. The molecule has 1 aliphatic heterocycles. The van der Waals surface area contributed by atoms with E-state index in [1.807, 2.05) is 6.92 Å². The van der Waals surface area contributed by atoms with Gasteiger partial charge in [0.15, 0.2) is 0 Å². The zero-order valence-electron chi connectivity index (χ0n) is 7.27. The summed E-state index contributed by atoms with van der Waals surface area (Å²) in [5.74, 6) is 0. The minimum absolute atomic E-state index is 0.00199. The van der Waals surface area contributed by atoms with E-state index < -0.39 is 0 Å². The Hall–Kier alpha value is -1.09. The maximum atomic E-state index is 11.1. The van der Waals surface area contributed by atoms with E-state index in [1.165, 1.54) is 5.56 Å². The molecule has 0 saturated heterocycles. The molecule has 3 heteroatoms. The molecule has 1 aromatic heterocycles. The molecule has 3 nitrogen and oxygen atoms in total. The van der Waals surface area contributed by atoms with Crippen LogP contribution in [0.1, 0.15) is 29.8 Å². The quantitative estimate of drug-likeness (QED) is 0.597. The second kappa shape index (κ2) is 2.45. The first kappa shape index (κ1) is 7.55. The van der Waals surface area contributed by atoms with Crippen molar-refractivity contribution in [2.45, 2.75) is 26.4 Å². The number of nitrogens with one attached hydrogen (secondary N) is 2. The summed E-state index contributed by atoms with van der Waals surface area (Å²) in [5, 5.41) is 3.29. The van der Waals surface area contributed by atoms with Gasteiger partial charge in [0.05, 0.1) is 0 Å². The van der Waals surface area contributed by atoms with Gasteiger partial charge in [0, 0.05) is 24.3 Å².